The summed E-state index contributed by atoms with van der Waals surface area (Å²) in [6.07, 6.45) is 0. The van der Waals surface area contributed by atoms with Crippen LogP contribution >= 0.6 is 0 Å². The van der Waals surface area contributed by atoms with Crippen LogP contribution in [0, 0.1) is 0 Å². The van der Waals surface area contributed by atoms with Crippen LogP contribution < -0.4 is 15.4 Å². The number of hydrogen-bond donors (Lipinski definition) is 4. The van der Waals surface area contributed by atoms with Crippen molar-refractivity contribution in [2.75, 3.05) is 0 Å². The first-order chi connectivity index (χ1) is 17.5. The minimum atomic E-state index is -0.360. The third-order valence-electron chi connectivity index (χ3n) is 5.46. The molecule has 4 rings (SSSR count). The zero-order valence-electron chi connectivity index (χ0n) is 19.5. The van der Waals surface area contributed by atoms with Gasteiger partial charge < -0.3 is 25.6 Å². The van der Waals surface area contributed by atoms with E-state index in [0.29, 0.717) is 5.75 Å². The summed E-state index contributed by atoms with van der Waals surface area (Å²) in [7, 11) is 0. The highest BCUT2D eigenvalue weighted by Gasteiger charge is 2.14. The second-order valence-corrected chi connectivity index (χ2v) is 8.22. The number of carbonyl (C=O) groups is 2. The number of nitrogens with one attached hydrogen (secondary N) is 2. The summed E-state index contributed by atoms with van der Waals surface area (Å²) >= 11 is 0. The van der Waals surface area contributed by atoms with Crippen LogP contribution in [0.2, 0.25) is 0 Å². The summed E-state index contributed by atoms with van der Waals surface area (Å²) in [6, 6.07) is 27.4. The van der Waals surface area contributed by atoms with Gasteiger partial charge in [0.25, 0.3) is 11.8 Å². The molecule has 4 N–H and O–H groups in total. The van der Waals surface area contributed by atoms with Gasteiger partial charge in [0.1, 0.15) is 23.9 Å². The maximum Gasteiger partial charge on any atom is 0.251 e. The average Bonchev–Trinajstić information content (AvgIpc) is 2.91. The summed E-state index contributed by atoms with van der Waals surface area (Å²) < 4.78 is 5.91. The van der Waals surface area contributed by atoms with Gasteiger partial charge in [0.2, 0.25) is 0 Å². The van der Waals surface area contributed by atoms with E-state index in [1.54, 1.807) is 60.7 Å². The summed E-state index contributed by atoms with van der Waals surface area (Å²) in [4.78, 5) is 25.9. The lowest BCUT2D eigenvalue weighted by Gasteiger charge is -2.12. The minimum absolute atomic E-state index is 0.149. The van der Waals surface area contributed by atoms with Gasteiger partial charge in [0.15, 0.2) is 0 Å². The van der Waals surface area contributed by atoms with Gasteiger partial charge in [0.05, 0.1) is 0 Å². The summed E-state index contributed by atoms with van der Waals surface area (Å²) in [6.45, 7) is 0.807. The van der Waals surface area contributed by atoms with E-state index in [1.807, 2.05) is 30.3 Å². The molecule has 0 radical (unpaired) electrons. The van der Waals surface area contributed by atoms with Crippen LogP contribution in [0.3, 0.4) is 0 Å². The molecule has 36 heavy (non-hydrogen) atoms. The van der Waals surface area contributed by atoms with Crippen LogP contribution in [0.15, 0.2) is 97.1 Å². The molecule has 0 fully saturated rings. The number of benzene rings is 4. The Morgan fingerprint density at radius 2 is 1.08 bits per heavy atom. The molecule has 7 nitrogen and oxygen atoms in total. The minimum Gasteiger partial charge on any atom is -0.508 e. The second kappa shape index (κ2) is 11.6. The van der Waals surface area contributed by atoms with Gasteiger partial charge in [-0.2, -0.15) is 0 Å². The third kappa shape index (κ3) is 6.87. The molecule has 0 aromatic heterocycles. The Balaban J connectivity index is 1.50. The van der Waals surface area contributed by atoms with Crippen LogP contribution in [0.25, 0.3) is 0 Å². The molecular formula is C29H26N2O5. The number of ether oxygens (including phenoxy) is 1. The number of aromatic hydroxyl groups is 2. The van der Waals surface area contributed by atoms with Gasteiger partial charge in [-0.05, 0) is 59.2 Å². The van der Waals surface area contributed by atoms with Crippen LogP contribution in [0.5, 0.6) is 17.2 Å². The van der Waals surface area contributed by atoms with Crippen molar-refractivity contribution in [2.24, 2.45) is 0 Å². The fourth-order valence-corrected chi connectivity index (χ4v) is 3.48. The van der Waals surface area contributed by atoms with Crippen molar-refractivity contribution in [1.82, 2.24) is 10.6 Å². The second-order valence-electron chi connectivity index (χ2n) is 8.22. The van der Waals surface area contributed by atoms with Crippen molar-refractivity contribution in [3.05, 3.63) is 125 Å². The standard InChI is InChI=1S/C29H26N2O5/c32-25-10-6-20(7-11-25)17-30-28(34)23-14-24(29(35)31-18-21-8-12-26(33)13-9-21)16-27(15-23)36-19-22-4-2-1-3-5-22/h1-16,32-33H,17-19H2,(H,30,34)(H,31,35). The van der Waals surface area contributed by atoms with E-state index in [9.17, 15) is 19.8 Å². The highest BCUT2D eigenvalue weighted by atomic mass is 16.5. The number of hydrogen-bond acceptors (Lipinski definition) is 5. The molecule has 182 valence electrons. The Bertz CT molecular complexity index is 1240. The summed E-state index contributed by atoms with van der Waals surface area (Å²) in [5.41, 5.74) is 3.18. The quantitative estimate of drug-likeness (QED) is 0.280. The van der Waals surface area contributed by atoms with Crippen molar-refractivity contribution in [3.8, 4) is 17.2 Å². The largest absolute Gasteiger partial charge is 0.508 e. The van der Waals surface area contributed by atoms with E-state index in [-0.39, 0.29) is 54.1 Å². The smallest absolute Gasteiger partial charge is 0.251 e. The van der Waals surface area contributed by atoms with Gasteiger partial charge in [-0.15, -0.1) is 0 Å². The third-order valence-corrected chi connectivity index (χ3v) is 5.46. The van der Waals surface area contributed by atoms with E-state index in [0.717, 1.165) is 16.7 Å². The van der Waals surface area contributed by atoms with E-state index in [2.05, 4.69) is 10.6 Å². The Morgan fingerprint density at radius 1 is 0.611 bits per heavy atom. The average molecular weight is 483 g/mol. The molecule has 0 saturated heterocycles. The Kier molecular flexibility index (Phi) is 7.83. The lowest BCUT2D eigenvalue weighted by atomic mass is 10.1. The van der Waals surface area contributed by atoms with Crippen molar-refractivity contribution in [1.29, 1.82) is 0 Å². The van der Waals surface area contributed by atoms with Crippen molar-refractivity contribution >= 4 is 11.8 Å². The van der Waals surface area contributed by atoms with Crippen molar-refractivity contribution in [3.63, 3.8) is 0 Å². The van der Waals surface area contributed by atoms with Crippen LogP contribution in [0.1, 0.15) is 37.4 Å². The van der Waals surface area contributed by atoms with Crippen molar-refractivity contribution < 1.29 is 24.5 Å². The monoisotopic (exact) mass is 482 g/mol. The Morgan fingerprint density at radius 3 is 1.56 bits per heavy atom. The first-order valence-electron chi connectivity index (χ1n) is 11.4. The normalized spacial score (nSPS) is 10.4. The zero-order valence-corrected chi connectivity index (χ0v) is 19.5. The first kappa shape index (κ1) is 24.3. The number of phenols is 2. The molecule has 7 heteroatoms. The fraction of sp³-hybridized carbons (Fsp3) is 0.103. The highest BCUT2D eigenvalue weighted by Crippen LogP contribution is 2.20. The molecule has 0 aliphatic rings. The number of carbonyl (C=O) groups excluding carboxylic acids is 2. The van der Waals surface area contributed by atoms with Gasteiger partial charge in [-0.1, -0.05) is 54.6 Å². The van der Waals surface area contributed by atoms with Crippen LogP contribution in [0.4, 0.5) is 0 Å². The predicted octanol–water partition coefficient (Wildman–Crippen LogP) is 4.54. The first-order valence-corrected chi connectivity index (χ1v) is 11.4. The topological polar surface area (TPSA) is 108 Å². The number of rotatable bonds is 9. The predicted molar refractivity (Wildman–Crippen MR) is 136 cm³/mol. The van der Waals surface area contributed by atoms with E-state index < -0.39 is 0 Å². The van der Waals surface area contributed by atoms with Crippen LogP contribution in [-0.2, 0) is 19.7 Å². The SMILES string of the molecule is O=C(NCc1ccc(O)cc1)c1cc(OCc2ccccc2)cc(C(=O)NCc2ccc(O)cc2)c1. The molecule has 4 aromatic rings. The maximum absolute atomic E-state index is 12.9. The maximum atomic E-state index is 12.9. The van der Waals surface area contributed by atoms with Gasteiger partial charge in [-0.25, -0.2) is 0 Å². The Labute approximate surface area is 209 Å². The molecule has 0 spiro atoms. The molecular weight excluding hydrogens is 456 g/mol. The molecule has 0 bridgehead atoms. The molecule has 0 aliphatic heterocycles. The van der Waals surface area contributed by atoms with E-state index >= 15 is 0 Å². The van der Waals surface area contributed by atoms with Crippen molar-refractivity contribution in [2.45, 2.75) is 19.7 Å². The number of phenolic OH excluding ortho intramolecular Hbond substituents is 2. The number of amides is 2. The highest BCUT2D eigenvalue weighted by molar-refractivity contribution is 6.00. The Hall–Kier alpha value is -4.78. The molecule has 0 heterocycles. The van der Waals surface area contributed by atoms with Gasteiger partial charge in [0, 0.05) is 24.2 Å². The molecule has 2 amide bonds. The van der Waals surface area contributed by atoms with E-state index in [4.69, 9.17) is 4.74 Å². The zero-order chi connectivity index (χ0) is 25.3. The fourth-order valence-electron chi connectivity index (χ4n) is 3.48. The lowest BCUT2D eigenvalue weighted by molar-refractivity contribution is 0.0950. The lowest BCUT2D eigenvalue weighted by Crippen LogP contribution is -2.25. The molecule has 0 aliphatic carbocycles. The molecule has 0 atom stereocenters. The van der Waals surface area contributed by atoms with Gasteiger partial charge in [-0.3, -0.25) is 9.59 Å². The summed E-state index contributed by atoms with van der Waals surface area (Å²) in [5, 5.41) is 24.5. The van der Waals surface area contributed by atoms with E-state index in [1.165, 1.54) is 6.07 Å². The molecule has 4 aromatic carbocycles. The molecule has 0 unspecified atom stereocenters. The molecule has 0 saturated carbocycles. The summed E-state index contributed by atoms with van der Waals surface area (Å²) in [5.74, 6) is -0.0276. The van der Waals surface area contributed by atoms with Gasteiger partial charge >= 0.3 is 0 Å². The van der Waals surface area contributed by atoms with Crippen LogP contribution in [-0.4, -0.2) is 22.0 Å².